The van der Waals surface area contributed by atoms with E-state index in [4.69, 9.17) is 4.74 Å². The fraction of sp³-hybridized carbons (Fsp3) is 1.00. The molecule has 3 nitrogen and oxygen atoms in total. The zero-order valence-corrected chi connectivity index (χ0v) is 12.7. The van der Waals surface area contributed by atoms with Crippen molar-refractivity contribution in [1.82, 2.24) is 10.6 Å². The number of nitrogens with one attached hydrogen (secondary N) is 2. The molecule has 2 N–H and O–H groups in total. The average molecular weight is 254 g/mol. The van der Waals surface area contributed by atoms with Gasteiger partial charge < -0.3 is 15.4 Å². The number of piperidine rings is 1. The van der Waals surface area contributed by atoms with E-state index in [0.717, 1.165) is 13.2 Å². The fourth-order valence-electron chi connectivity index (χ4n) is 3.90. The minimum atomic E-state index is 0.227. The lowest BCUT2D eigenvalue weighted by Gasteiger charge is -2.47. The van der Waals surface area contributed by atoms with Gasteiger partial charge in [-0.15, -0.1) is 0 Å². The van der Waals surface area contributed by atoms with Crippen molar-refractivity contribution in [2.45, 2.75) is 77.0 Å². The van der Waals surface area contributed by atoms with Crippen molar-refractivity contribution in [3.05, 3.63) is 0 Å². The van der Waals surface area contributed by atoms with Crippen molar-refractivity contribution >= 4 is 0 Å². The second-order valence-electron chi connectivity index (χ2n) is 7.58. The molecule has 0 bridgehead atoms. The third-order valence-corrected chi connectivity index (χ3v) is 4.36. The summed E-state index contributed by atoms with van der Waals surface area (Å²) in [5.74, 6) is 0.700. The van der Waals surface area contributed by atoms with Crippen LogP contribution in [-0.2, 0) is 4.74 Å². The summed E-state index contributed by atoms with van der Waals surface area (Å²) in [6.07, 6.45) is 3.62. The molecule has 0 aliphatic carbocycles. The molecule has 2 rings (SSSR count). The summed E-state index contributed by atoms with van der Waals surface area (Å²) in [5.41, 5.74) is 0.455. The van der Waals surface area contributed by atoms with E-state index in [1.54, 1.807) is 0 Å². The Morgan fingerprint density at radius 3 is 2.28 bits per heavy atom. The van der Waals surface area contributed by atoms with E-state index in [1.807, 2.05) is 0 Å². The van der Waals surface area contributed by atoms with Gasteiger partial charge in [-0.05, 0) is 59.8 Å². The van der Waals surface area contributed by atoms with Gasteiger partial charge in [-0.3, -0.25) is 0 Å². The minimum Gasteiger partial charge on any atom is -0.381 e. The van der Waals surface area contributed by atoms with Gasteiger partial charge >= 0.3 is 0 Å². The predicted octanol–water partition coefficient (Wildman–Crippen LogP) is 2.31. The first-order valence-corrected chi connectivity index (χ1v) is 7.41. The van der Waals surface area contributed by atoms with E-state index < -0.39 is 0 Å². The Morgan fingerprint density at radius 2 is 1.78 bits per heavy atom. The Morgan fingerprint density at radius 1 is 1.17 bits per heavy atom. The van der Waals surface area contributed by atoms with Crippen molar-refractivity contribution in [2.75, 3.05) is 13.2 Å². The maximum absolute atomic E-state index is 5.50. The van der Waals surface area contributed by atoms with Crippen molar-refractivity contribution in [3.63, 3.8) is 0 Å². The maximum Gasteiger partial charge on any atom is 0.0509 e. The second kappa shape index (κ2) is 5.10. The molecule has 0 saturated carbocycles. The van der Waals surface area contributed by atoms with Crippen molar-refractivity contribution < 1.29 is 4.74 Å². The highest BCUT2D eigenvalue weighted by atomic mass is 16.5. The van der Waals surface area contributed by atoms with Gasteiger partial charge in [0.05, 0.1) is 6.61 Å². The summed E-state index contributed by atoms with van der Waals surface area (Å²) in [6, 6.07) is 1.19. The van der Waals surface area contributed by atoms with Gasteiger partial charge in [0.2, 0.25) is 0 Å². The molecule has 2 saturated heterocycles. The molecule has 2 fully saturated rings. The molecule has 0 radical (unpaired) electrons. The highest BCUT2D eigenvalue weighted by molar-refractivity contribution is 5.00. The standard InChI is InChI=1S/C15H30N2O/c1-11(12-6-7-18-10-12)16-13-8-14(2,3)17-15(4,5)9-13/h11-13,16-17H,6-10H2,1-5H3. The Hall–Kier alpha value is -0.120. The number of hydrogen-bond acceptors (Lipinski definition) is 3. The first-order valence-electron chi connectivity index (χ1n) is 7.41. The Kier molecular flexibility index (Phi) is 4.05. The zero-order chi connectivity index (χ0) is 13.4. The van der Waals surface area contributed by atoms with E-state index in [2.05, 4.69) is 45.3 Å². The Balaban J connectivity index is 1.91. The predicted molar refractivity (Wildman–Crippen MR) is 75.8 cm³/mol. The van der Waals surface area contributed by atoms with Crippen molar-refractivity contribution in [3.8, 4) is 0 Å². The molecule has 0 amide bonds. The number of ether oxygens (including phenoxy) is 1. The normalized spacial score (nSPS) is 33.5. The fourth-order valence-corrected chi connectivity index (χ4v) is 3.90. The van der Waals surface area contributed by atoms with E-state index in [1.165, 1.54) is 19.3 Å². The van der Waals surface area contributed by atoms with Crippen LogP contribution in [0, 0.1) is 5.92 Å². The van der Waals surface area contributed by atoms with Gasteiger partial charge in [0.1, 0.15) is 0 Å². The summed E-state index contributed by atoms with van der Waals surface area (Å²) in [5, 5.41) is 7.59. The zero-order valence-electron chi connectivity index (χ0n) is 12.7. The van der Waals surface area contributed by atoms with Crippen LogP contribution >= 0.6 is 0 Å². The molecule has 2 unspecified atom stereocenters. The highest BCUT2D eigenvalue weighted by Crippen LogP contribution is 2.29. The van der Waals surface area contributed by atoms with E-state index in [0.29, 0.717) is 18.0 Å². The molecule has 0 aromatic carbocycles. The Bertz CT molecular complexity index is 266. The summed E-state index contributed by atoms with van der Waals surface area (Å²) >= 11 is 0. The lowest BCUT2D eigenvalue weighted by atomic mass is 9.79. The average Bonchev–Trinajstić information content (AvgIpc) is 2.63. The summed E-state index contributed by atoms with van der Waals surface area (Å²) in [4.78, 5) is 0. The van der Waals surface area contributed by atoms with Crippen LogP contribution in [0.25, 0.3) is 0 Å². The molecular weight excluding hydrogens is 224 g/mol. The van der Waals surface area contributed by atoms with Gasteiger partial charge in [0, 0.05) is 29.8 Å². The third-order valence-electron chi connectivity index (χ3n) is 4.36. The highest BCUT2D eigenvalue weighted by Gasteiger charge is 2.38. The van der Waals surface area contributed by atoms with Crippen LogP contribution < -0.4 is 10.6 Å². The summed E-state index contributed by atoms with van der Waals surface area (Å²) in [7, 11) is 0. The quantitative estimate of drug-likeness (QED) is 0.811. The summed E-state index contributed by atoms with van der Waals surface area (Å²) in [6.45, 7) is 13.4. The van der Waals surface area contributed by atoms with Crippen LogP contribution in [0.1, 0.15) is 53.9 Å². The molecule has 2 atom stereocenters. The van der Waals surface area contributed by atoms with Crippen LogP contribution in [-0.4, -0.2) is 36.4 Å². The van der Waals surface area contributed by atoms with Crippen molar-refractivity contribution in [1.29, 1.82) is 0 Å². The van der Waals surface area contributed by atoms with E-state index in [-0.39, 0.29) is 11.1 Å². The molecule has 18 heavy (non-hydrogen) atoms. The number of rotatable bonds is 3. The lowest BCUT2D eigenvalue weighted by Crippen LogP contribution is -2.62. The molecule has 106 valence electrons. The van der Waals surface area contributed by atoms with Crippen LogP contribution in [0.15, 0.2) is 0 Å². The molecule has 0 spiro atoms. The van der Waals surface area contributed by atoms with Crippen molar-refractivity contribution in [2.24, 2.45) is 5.92 Å². The van der Waals surface area contributed by atoms with Crippen LogP contribution in [0.4, 0.5) is 0 Å². The first kappa shape index (κ1) is 14.3. The lowest BCUT2D eigenvalue weighted by molar-refractivity contribution is 0.129. The SMILES string of the molecule is CC(NC1CC(C)(C)NC(C)(C)C1)C1CCOC1. The second-order valence-corrected chi connectivity index (χ2v) is 7.58. The molecule has 2 aliphatic rings. The Labute approximate surface area is 112 Å². The smallest absolute Gasteiger partial charge is 0.0509 e. The molecule has 2 heterocycles. The van der Waals surface area contributed by atoms with Gasteiger partial charge in [0.15, 0.2) is 0 Å². The molecular formula is C15H30N2O. The maximum atomic E-state index is 5.50. The molecule has 0 aromatic heterocycles. The van der Waals surface area contributed by atoms with Gasteiger partial charge in [-0.2, -0.15) is 0 Å². The minimum absolute atomic E-state index is 0.227. The van der Waals surface area contributed by atoms with Gasteiger partial charge in [-0.1, -0.05) is 0 Å². The largest absolute Gasteiger partial charge is 0.381 e. The molecule has 0 aromatic rings. The third kappa shape index (κ3) is 3.69. The van der Waals surface area contributed by atoms with E-state index >= 15 is 0 Å². The first-order chi connectivity index (χ1) is 8.27. The van der Waals surface area contributed by atoms with E-state index in [9.17, 15) is 0 Å². The van der Waals surface area contributed by atoms with Crippen LogP contribution in [0.5, 0.6) is 0 Å². The van der Waals surface area contributed by atoms with Gasteiger partial charge in [-0.25, -0.2) is 0 Å². The van der Waals surface area contributed by atoms with Crippen LogP contribution in [0.3, 0.4) is 0 Å². The topological polar surface area (TPSA) is 33.3 Å². The monoisotopic (exact) mass is 254 g/mol. The van der Waals surface area contributed by atoms with Gasteiger partial charge in [0.25, 0.3) is 0 Å². The molecule has 3 heteroatoms. The van der Waals surface area contributed by atoms with Crippen LogP contribution in [0.2, 0.25) is 0 Å². The molecule has 2 aliphatic heterocycles. The summed E-state index contributed by atoms with van der Waals surface area (Å²) < 4.78 is 5.50. The number of hydrogen-bond donors (Lipinski definition) is 2.